The van der Waals surface area contributed by atoms with Crippen molar-refractivity contribution in [2.75, 3.05) is 5.32 Å². The van der Waals surface area contributed by atoms with E-state index in [2.05, 4.69) is 10.1 Å². The lowest BCUT2D eigenvalue weighted by Gasteiger charge is -2.18. The predicted molar refractivity (Wildman–Crippen MR) is 75.9 cm³/mol. The van der Waals surface area contributed by atoms with Crippen molar-refractivity contribution in [1.29, 1.82) is 0 Å². The number of fused-ring (bicyclic) bond motifs is 1. The van der Waals surface area contributed by atoms with Gasteiger partial charge in [0.15, 0.2) is 0 Å². The standard InChI is InChI=1S/C16H15F2NO2/c17-16(18)21-15-7-2-1-5-13(15)19-12-9-8-11-10(12)4-3-6-14(11)20/h1-7,12,16,19-20H,8-9H2. The lowest BCUT2D eigenvalue weighted by atomic mass is 10.1. The SMILES string of the molecule is Oc1cccc2c1CCC2Nc1ccccc1OC(F)F. The van der Waals surface area contributed by atoms with Crippen molar-refractivity contribution in [1.82, 2.24) is 0 Å². The Balaban J connectivity index is 1.85. The average Bonchev–Trinajstić information content (AvgIpc) is 2.85. The Labute approximate surface area is 121 Å². The summed E-state index contributed by atoms with van der Waals surface area (Å²) in [7, 11) is 0. The highest BCUT2D eigenvalue weighted by Gasteiger charge is 2.25. The summed E-state index contributed by atoms with van der Waals surface area (Å²) in [6.07, 6.45) is 1.56. The van der Waals surface area contributed by atoms with E-state index in [4.69, 9.17) is 0 Å². The van der Waals surface area contributed by atoms with Gasteiger partial charge in [0.25, 0.3) is 0 Å². The summed E-state index contributed by atoms with van der Waals surface area (Å²) in [5.74, 6) is 0.412. The van der Waals surface area contributed by atoms with Crippen LogP contribution in [0.5, 0.6) is 11.5 Å². The molecule has 0 saturated carbocycles. The van der Waals surface area contributed by atoms with Gasteiger partial charge in [-0.05, 0) is 42.2 Å². The van der Waals surface area contributed by atoms with Gasteiger partial charge in [-0.3, -0.25) is 0 Å². The molecule has 0 amide bonds. The number of para-hydroxylation sites is 2. The van der Waals surface area contributed by atoms with E-state index in [-0.39, 0.29) is 17.5 Å². The lowest BCUT2D eigenvalue weighted by molar-refractivity contribution is -0.0493. The number of alkyl halides is 2. The molecule has 2 aromatic rings. The van der Waals surface area contributed by atoms with Crippen molar-refractivity contribution in [2.45, 2.75) is 25.5 Å². The van der Waals surface area contributed by atoms with Gasteiger partial charge in [0.1, 0.15) is 11.5 Å². The van der Waals surface area contributed by atoms with E-state index in [0.717, 1.165) is 24.0 Å². The Bertz CT molecular complexity index is 646. The molecule has 1 aliphatic carbocycles. The van der Waals surface area contributed by atoms with Crippen LogP contribution in [0.1, 0.15) is 23.6 Å². The van der Waals surface area contributed by atoms with Crippen LogP contribution in [-0.2, 0) is 6.42 Å². The summed E-state index contributed by atoms with van der Waals surface area (Å²) < 4.78 is 29.4. The fourth-order valence-corrected chi connectivity index (χ4v) is 2.76. The van der Waals surface area contributed by atoms with Crippen molar-refractivity contribution in [3.63, 3.8) is 0 Å². The highest BCUT2D eigenvalue weighted by molar-refractivity contribution is 5.59. The number of phenolic OH excluding ortho intramolecular Hbond substituents is 1. The molecule has 0 fully saturated rings. The van der Waals surface area contributed by atoms with Crippen LogP contribution in [0.2, 0.25) is 0 Å². The number of ether oxygens (including phenoxy) is 1. The zero-order valence-corrected chi connectivity index (χ0v) is 11.2. The number of benzene rings is 2. The van der Waals surface area contributed by atoms with Crippen LogP contribution in [0.4, 0.5) is 14.5 Å². The van der Waals surface area contributed by atoms with E-state index >= 15 is 0 Å². The second kappa shape index (κ2) is 5.60. The highest BCUT2D eigenvalue weighted by Crippen LogP contribution is 2.39. The number of phenols is 1. The molecule has 5 heteroatoms. The summed E-state index contributed by atoms with van der Waals surface area (Å²) in [5.41, 5.74) is 2.45. The molecule has 1 unspecified atom stereocenters. The van der Waals surface area contributed by atoms with Gasteiger partial charge in [-0.2, -0.15) is 8.78 Å². The normalized spacial score (nSPS) is 16.8. The van der Waals surface area contributed by atoms with E-state index in [9.17, 15) is 13.9 Å². The van der Waals surface area contributed by atoms with Crippen LogP contribution >= 0.6 is 0 Å². The summed E-state index contributed by atoms with van der Waals surface area (Å²) in [6, 6.07) is 12.0. The number of halogens is 2. The van der Waals surface area contributed by atoms with Gasteiger partial charge < -0.3 is 15.2 Å². The van der Waals surface area contributed by atoms with Crippen molar-refractivity contribution < 1.29 is 18.6 Å². The van der Waals surface area contributed by atoms with E-state index in [1.165, 1.54) is 6.07 Å². The van der Waals surface area contributed by atoms with Crippen molar-refractivity contribution in [2.24, 2.45) is 0 Å². The van der Waals surface area contributed by atoms with Crippen LogP contribution in [0.3, 0.4) is 0 Å². The molecular weight excluding hydrogens is 276 g/mol. The minimum absolute atomic E-state index is 0.0190. The largest absolute Gasteiger partial charge is 0.508 e. The fourth-order valence-electron chi connectivity index (χ4n) is 2.76. The molecule has 1 aliphatic rings. The molecule has 2 aromatic carbocycles. The number of rotatable bonds is 4. The molecule has 0 aliphatic heterocycles. The second-order valence-electron chi connectivity index (χ2n) is 4.96. The third kappa shape index (κ3) is 2.77. The van der Waals surface area contributed by atoms with E-state index in [0.29, 0.717) is 5.69 Å². The molecule has 110 valence electrons. The number of aromatic hydroxyl groups is 1. The fraction of sp³-hybridized carbons (Fsp3) is 0.250. The average molecular weight is 291 g/mol. The quantitative estimate of drug-likeness (QED) is 0.891. The van der Waals surface area contributed by atoms with Gasteiger partial charge in [-0.1, -0.05) is 24.3 Å². The number of anilines is 1. The summed E-state index contributed by atoms with van der Waals surface area (Å²) in [6.45, 7) is -2.85. The lowest BCUT2D eigenvalue weighted by Crippen LogP contribution is -2.10. The third-order valence-corrected chi connectivity index (χ3v) is 3.68. The maximum absolute atomic E-state index is 12.4. The molecule has 0 radical (unpaired) electrons. The Morgan fingerprint density at radius 1 is 1.14 bits per heavy atom. The van der Waals surface area contributed by atoms with Crippen LogP contribution < -0.4 is 10.1 Å². The summed E-state index contributed by atoms with van der Waals surface area (Å²) in [5, 5.41) is 13.1. The minimum Gasteiger partial charge on any atom is -0.508 e. The number of hydrogen-bond donors (Lipinski definition) is 2. The molecule has 1 atom stereocenters. The Morgan fingerprint density at radius 2 is 1.95 bits per heavy atom. The second-order valence-corrected chi connectivity index (χ2v) is 4.96. The predicted octanol–water partition coefficient (Wildman–Crippen LogP) is 4.09. The molecular formula is C16H15F2NO2. The van der Waals surface area contributed by atoms with Gasteiger partial charge in [0.2, 0.25) is 0 Å². The van der Waals surface area contributed by atoms with Crippen molar-refractivity contribution in [3.05, 3.63) is 53.6 Å². The first-order valence-corrected chi connectivity index (χ1v) is 6.76. The molecule has 0 bridgehead atoms. The molecule has 0 spiro atoms. The Hall–Kier alpha value is -2.30. The number of hydrogen-bond acceptors (Lipinski definition) is 3. The summed E-state index contributed by atoms with van der Waals surface area (Å²) in [4.78, 5) is 0. The Kier molecular flexibility index (Phi) is 3.64. The smallest absolute Gasteiger partial charge is 0.387 e. The summed E-state index contributed by atoms with van der Waals surface area (Å²) >= 11 is 0. The van der Waals surface area contributed by atoms with Gasteiger partial charge in [0, 0.05) is 0 Å². The van der Waals surface area contributed by atoms with Crippen LogP contribution in [-0.4, -0.2) is 11.7 Å². The maximum Gasteiger partial charge on any atom is 0.387 e. The monoisotopic (exact) mass is 291 g/mol. The van der Waals surface area contributed by atoms with Gasteiger partial charge >= 0.3 is 6.61 Å². The molecule has 2 N–H and O–H groups in total. The number of nitrogens with one attached hydrogen (secondary N) is 1. The molecule has 0 heterocycles. The zero-order valence-electron chi connectivity index (χ0n) is 11.2. The van der Waals surface area contributed by atoms with Crippen LogP contribution in [0, 0.1) is 0 Å². The maximum atomic E-state index is 12.4. The van der Waals surface area contributed by atoms with Gasteiger partial charge in [-0.15, -0.1) is 0 Å². The Morgan fingerprint density at radius 3 is 2.76 bits per heavy atom. The molecule has 3 nitrogen and oxygen atoms in total. The van der Waals surface area contributed by atoms with E-state index in [1.807, 2.05) is 6.07 Å². The first-order valence-electron chi connectivity index (χ1n) is 6.76. The molecule has 3 rings (SSSR count). The van der Waals surface area contributed by atoms with Gasteiger partial charge in [0.05, 0.1) is 11.7 Å². The van der Waals surface area contributed by atoms with Crippen molar-refractivity contribution in [3.8, 4) is 11.5 Å². The zero-order chi connectivity index (χ0) is 14.8. The topological polar surface area (TPSA) is 41.5 Å². The third-order valence-electron chi connectivity index (χ3n) is 3.68. The molecule has 0 saturated heterocycles. The molecule has 0 aromatic heterocycles. The first-order chi connectivity index (χ1) is 10.1. The van der Waals surface area contributed by atoms with Crippen LogP contribution in [0.15, 0.2) is 42.5 Å². The van der Waals surface area contributed by atoms with Gasteiger partial charge in [-0.25, -0.2) is 0 Å². The van der Waals surface area contributed by atoms with Crippen molar-refractivity contribution >= 4 is 5.69 Å². The van der Waals surface area contributed by atoms with E-state index < -0.39 is 6.61 Å². The molecule has 21 heavy (non-hydrogen) atoms. The minimum atomic E-state index is -2.85. The highest BCUT2D eigenvalue weighted by atomic mass is 19.3. The van der Waals surface area contributed by atoms with Crippen LogP contribution in [0.25, 0.3) is 0 Å². The van der Waals surface area contributed by atoms with E-state index in [1.54, 1.807) is 30.3 Å². The first kappa shape index (κ1) is 13.7.